The first-order chi connectivity index (χ1) is 30.0. The van der Waals surface area contributed by atoms with Crippen molar-refractivity contribution in [3.05, 3.63) is 60.8 Å². The van der Waals surface area contributed by atoms with Crippen molar-refractivity contribution >= 4 is 13.8 Å². The SMILES string of the molecule is CC/C=C\C/C=C\C/C=C\CCCCCC(=O)OC(COCCCCCCCCCCCC/C=C\C/C=C\CCCCCCC)COP(=O)(O)OC1C(O)C(O)C(O)C(O)C1O. The van der Waals surface area contributed by atoms with Gasteiger partial charge in [0.2, 0.25) is 0 Å². The van der Waals surface area contributed by atoms with Crippen molar-refractivity contribution in [2.75, 3.05) is 19.8 Å². The van der Waals surface area contributed by atoms with E-state index in [1.54, 1.807) is 0 Å². The van der Waals surface area contributed by atoms with Gasteiger partial charge >= 0.3 is 13.8 Å². The summed E-state index contributed by atoms with van der Waals surface area (Å²) in [5.74, 6) is -0.508. The fraction of sp³-hybridized carbons (Fsp3) is 0.776. The van der Waals surface area contributed by atoms with E-state index in [1.807, 2.05) is 0 Å². The first-order valence-electron chi connectivity index (χ1n) is 24.1. The second-order valence-electron chi connectivity index (χ2n) is 16.6. The number of unbranched alkanes of at least 4 members (excludes halogenated alkanes) is 18. The van der Waals surface area contributed by atoms with Crippen LogP contribution in [-0.2, 0) is 27.9 Å². The quantitative estimate of drug-likeness (QED) is 0.0148. The van der Waals surface area contributed by atoms with Crippen molar-refractivity contribution in [2.45, 2.75) is 224 Å². The van der Waals surface area contributed by atoms with Crippen molar-refractivity contribution < 1.29 is 58.3 Å². The van der Waals surface area contributed by atoms with Gasteiger partial charge in [-0.1, -0.05) is 158 Å². The Hall–Kier alpha value is -1.96. The monoisotopic (exact) mass is 899 g/mol. The Kier molecular flexibility index (Phi) is 36.9. The van der Waals surface area contributed by atoms with Gasteiger partial charge in [-0.3, -0.25) is 13.8 Å². The lowest BCUT2D eigenvalue weighted by Crippen LogP contribution is -2.64. The van der Waals surface area contributed by atoms with Gasteiger partial charge in [0, 0.05) is 13.0 Å². The third-order valence-corrected chi connectivity index (χ3v) is 11.9. The van der Waals surface area contributed by atoms with Gasteiger partial charge in [0.05, 0.1) is 13.2 Å². The van der Waals surface area contributed by atoms with Crippen LogP contribution in [0.3, 0.4) is 0 Å². The van der Waals surface area contributed by atoms with Gasteiger partial charge in [0.1, 0.15) is 42.7 Å². The highest BCUT2D eigenvalue weighted by Crippen LogP contribution is 2.47. The number of phosphoric ester groups is 1. The Bertz CT molecular complexity index is 1250. The van der Waals surface area contributed by atoms with Crippen LogP contribution in [0.2, 0.25) is 0 Å². The zero-order valence-corrected chi connectivity index (χ0v) is 39.3. The van der Waals surface area contributed by atoms with Crippen LogP contribution in [0, 0.1) is 0 Å². The highest BCUT2D eigenvalue weighted by atomic mass is 31.2. The topological polar surface area (TPSA) is 192 Å². The van der Waals surface area contributed by atoms with Gasteiger partial charge in [-0.15, -0.1) is 0 Å². The van der Waals surface area contributed by atoms with E-state index < -0.39 is 63.1 Å². The Morgan fingerprint density at radius 2 is 0.952 bits per heavy atom. The molecule has 0 heterocycles. The summed E-state index contributed by atoms with van der Waals surface area (Å²) in [5, 5.41) is 50.2. The minimum Gasteiger partial charge on any atom is -0.457 e. The fourth-order valence-corrected chi connectivity index (χ4v) is 8.02. The number of esters is 1. The summed E-state index contributed by atoms with van der Waals surface area (Å²) in [6.07, 6.45) is 37.3. The van der Waals surface area contributed by atoms with E-state index >= 15 is 0 Å². The zero-order chi connectivity index (χ0) is 45.5. The summed E-state index contributed by atoms with van der Waals surface area (Å²) in [7, 11) is -5.03. The maximum absolute atomic E-state index is 12.8. The van der Waals surface area contributed by atoms with Gasteiger partial charge < -0.3 is 39.9 Å². The lowest BCUT2D eigenvalue weighted by molar-refractivity contribution is -0.220. The summed E-state index contributed by atoms with van der Waals surface area (Å²) in [5.41, 5.74) is 0. The van der Waals surface area contributed by atoms with Gasteiger partial charge in [-0.25, -0.2) is 4.57 Å². The summed E-state index contributed by atoms with van der Waals surface area (Å²) in [6.45, 7) is 4.09. The van der Waals surface area contributed by atoms with E-state index in [9.17, 15) is 39.8 Å². The predicted molar refractivity (Wildman–Crippen MR) is 248 cm³/mol. The number of hydrogen-bond donors (Lipinski definition) is 6. The van der Waals surface area contributed by atoms with Gasteiger partial charge in [-0.05, 0) is 77.0 Å². The molecule has 0 bridgehead atoms. The third-order valence-electron chi connectivity index (χ3n) is 10.9. The molecule has 0 aromatic rings. The van der Waals surface area contributed by atoms with Crippen molar-refractivity contribution in [1.82, 2.24) is 0 Å². The van der Waals surface area contributed by atoms with Crippen LogP contribution in [0.25, 0.3) is 0 Å². The minimum absolute atomic E-state index is 0.0930. The van der Waals surface area contributed by atoms with E-state index in [0.717, 1.165) is 77.0 Å². The molecule has 0 saturated heterocycles. The number of phosphoric acid groups is 1. The highest BCUT2D eigenvalue weighted by Gasteiger charge is 2.51. The number of allylic oxidation sites excluding steroid dienone is 10. The van der Waals surface area contributed by atoms with Crippen molar-refractivity contribution in [3.8, 4) is 0 Å². The predicted octanol–water partition coefficient (Wildman–Crippen LogP) is 10.2. The number of carbonyl (C=O) groups excluding carboxylic acids is 1. The average molecular weight is 899 g/mol. The standard InChI is InChI=1S/C49H87O12P/c1-3-5-7-9-11-13-15-17-18-19-20-21-22-23-24-25-27-29-31-33-35-37-39-58-40-42(41-59-62(56,57)61-49-47(54)45(52)44(51)46(53)48(49)55)60-43(50)38-36-34-32-30-28-26-16-14-12-10-8-6-4-2/h6,8,12,14-15,17,19-20,26,28,42,44-49,51-55H,3-5,7,9-11,13,16,18,21-25,27,29-41H2,1-2H3,(H,56,57)/b8-6-,14-12-,17-15-,20-19-,28-26-. The molecule has 1 rings (SSSR count). The first kappa shape index (κ1) is 58.1. The summed E-state index contributed by atoms with van der Waals surface area (Å²) >= 11 is 0. The molecule has 0 aromatic heterocycles. The fourth-order valence-electron chi connectivity index (χ4n) is 7.05. The summed E-state index contributed by atoms with van der Waals surface area (Å²) in [6, 6.07) is 0. The number of aliphatic hydroxyl groups is 5. The molecular weight excluding hydrogens is 812 g/mol. The smallest absolute Gasteiger partial charge is 0.457 e. The van der Waals surface area contributed by atoms with Gasteiger partial charge in [-0.2, -0.15) is 0 Å². The molecule has 0 spiro atoms. The van der Waals surface area contributed by atoms with Crippen LogP contribution in [-0.4, -0.2) is 98.9 Å². The number of hydrogen-bond acceptors (Lipinski definition) is 11. The Labute approximate surface area is 375 Å². The molecule has 1 aliphatic carbocycles. The van der Waals surface area contributed by atoms with E-state index in [0.29, 0.717) is 13.0 Å². The molecule has 1 fully saturated rings. The minimum atomic E-state index is -5.03. The van der Waals surface area contributed by atoms with Gasteiger partial charge in [0.15, 0.2) is 0 Å². The highest BCUT2D eigenvalue weighted by molar-refractivity contribution is 7.47. The zero-order valence-electron chi connectivity index (χ0n) is 38.4. The Morgan fingerprint density at radius 3 is 1.45 bits per heavy atom. The molecular formula is C49H87O12P. The summed E-state index contributed by atoms with van der Waals surface area (Å²) < 4.78 is 34.2. The Balaban J connectivity index is 2.35. The number of ether oxygens (including phenoxy) is 2. The summed E-state index contributed by atoms with van der Waals surface area (Å²) in [4.78, 5) is 23.1. The van der Waals surface area contributed by atoms with E-state index in [-0.39, 0.29) is 13.0 Å². The number of rotatable bonds is 40. The molecule has 360 valence electrons. The lowest BCUT2D eigenvalue weighted by atomic mass is 9.85. The molecule has 0 aliphatic heterocycles. The second kappa shape index (κ2) is 39.4. The van der Waals surface area contributed by atoms with Crippen LogP contribution < -0.4 is 0 Å². The molecule has 0 aromatic carbocycles. The molecule has 13 heteroatoms. The molecule has 0 radical (unpaired) electrons. The maximum Gasteiger partial charge on any atom is 0.472 e. The third kappa shape index (κ3) is 31.0. The molecule has 62 heavy (non-hydrogen) atoms. The van der Waals surface area contributed by atoms with E-state index in [2.05, 4.69) is 74.6 Å². The van der Waals surface area contributed by atoms with Crippen LogP contribution in [0.15, 0.2) is 60.8 Å². The maximum atomic E-state index is 12.8. The van der Waals surface area contributed by atoms with E-state index in [4.69, 9.17) is 18.5 Å². The molecule has 1 aliphatic rings. The number of carbonyl (C=O) groups is 1. The Morgan fingerprint density at radius 1 is 0.532 bits per heavy atom. The van der Waals surface area contributed by atoms with Gasteiger partial charge in [0.25, 0.3) is 0 Å². The van der Waals surface area contributed by atoms with Crippen molar-refractivity contribution in [1.29, 1.82) is 0 Å². The molecule has 1 saturated carbocycles. The van der Waals surface area contributed by atoms with E-state index in [1.165, 1.54) is 77.0 Å². The lowest BCUT2D eigenvalue weighted by Gasteiger charge is -2.41. The van der Waals surface area contributed by atoms with Crippen molar-refractivity contribution in [3.63, 3.8) is 0 Å². The molecule has 6 N–H and O–H groups in total. The molecule has 6 atom stereocenters. The van der Waals surface area contributed by atoms with Crippen LogP contribution in [0.4, 0.5) is 0 Å². The second-order valence-corrected chi connectivity index (χ2v) is 18.0. The molecule has 12 nitrogen and oxygen atoms in total. The average Bonchev–Trinajstić information content (AvgIpc) is 3.26. The normalized spacial score (nSPS) is 22.5. The first-order valence-corrected chi connectivity index (χ1v) is 25.6. The van der Waals surface area contributed by atoms with Crippen LogP contribution >= 0.6 is 7.82 Å². The largest absolute Gasteiger partial charge is 0.472 e. The van der Waals surface area contributed by atoms with Crippen LogP contribution in [0.5, 0.6) is 0 Å². The van der Waals surface area contributed by atoms with Crippen molar-refractivity contribution in [2.24, 2.45) is 0 Å². The number of aliphatic hydroxyl groups excluding tert-OH is 5. The molecule has 0 amide bonds. The molecule has 6 unspecified atom stereocenters. The van der Waals surface area contributed by atoms with Crippen LogP contribution in [0.1, 0.15) is 181 Å².